The van der Waals surface area contributed by atoms with Gasteiger partial charge in [-0.05, 0) is 6.92 Å². The summed E-state index contributed by atoms with van der Waals surface area (Å²) in [4.78, 5) is 0. The number of hydrogen-bond donors (Lipinski definition) is 0. The summed E-state index contributed by atoms with van der Waals surface area (Å²) in [5, 5.41) is 12.3. The van der Waals surface area contributed by atoms with Crippen LogP contribution in [0.25, 0.3) is 0 Å². The number of quaternary nitrogens is 1. The van der Waals surface area contributed by atoms with E-state index >= 15 is 0 Å². The molecule has 0 N–H and O–H groups in total. The third-order valence-electron chi connectivity index (χ3n) is 4.23. The number of hydrogen-bond acceptors (Lipinski definition) is 3. The summed E-state index contributed by atoms with van der Waals surface area (Å²) in [6, 6.07) is 0. The minimum atomic E-state index is -0.896. The van der Waals surface area contributed by atoms with Crippen molar-refractivity contribution < 1.29 is 13.6 Å². The molecule has 2 bridgehead atoms. The number of fused-ring (bicyclic) bond motifs is 2. The standard InChI is InChI=1S/C10H17NO3S/c1-8-14-10(7-15(8)13)6-11(12)4-2-9(10)3-5-11/h8-9H,2-7H2,1H3/t8-,9?,10-,11?,15-/m0/s1. The Kier molecular flexibility index (Phi) is 2.06. The highest BCUT2D eigenvalue weighted by Crippen LogP contribution is 2.46. The zero-order chi connectivity index (χ0) is 10.7. The molecular formula is C10H17NO3S. The third kappa shape index (κ3) is 1.40. The van der Waals surface area contributed by atoms with E-state index in [-0.39, 0.29) is 15.7 Å². The van der Waals surface area contributed by atoms with Gasteiger partial charge in [0.2, 0.25) is 0 Å². The molecule has 4 nitrogen and oxygen atoms in total. The minimum absolute atomic E-state index is 0.111. The molecule has 0 aromatic rings. The van der Waals surface area contributed by atoms with Crippen molar-refractivity contribution in [1.29, 1.82) is 0 Å². The molecule has 5 heteroatoms. The summed E-state index contributed by atoms with van der Waals surface area (Å²) in [6.45, 7) is 3.86. The number of nitrogens with zero attached hydrogens (tertiary/aromatic N) is 1. The van der Waals surface area contributed by atoms with Gasteiger partial charge in [-0.2, -0.15) is 0 Å². The van der Waals surface area contributed by atoms with Crippen LogP contribution in [0.15, 0.2) is 0 Å². The zero-order valence-corrected chi connectivity index (χ0v) is 9.79. The maximum absolute atomic E-state index is 12.3. The van der Waals surface area contributed by atoms with Gasteiger partial charge in [0.15, 0.2) is 0 Å². The van der Waals surface area contributed by atoms with Gasteiger partial charge in [0, 0.05) is 18.8 Å². The van der Waals surface area contributed by atoms with E-state index in [9.17, 15) is 9.42 Å². The van der Waals surface area contributed by atoms with Crippen molar-refractivity contribution in [3.05, 3.63) is 5.21 Å². The van der Waals surface area contributed by atoms with Crippen LogP contribution in [0.5, 0.6) is 0 Å². The average Bonchev–Trinajstić information content (AvgIpc) is 2.41. The van der Waals surface area contributed by atoms with Gasteiger partial charge in [0.1, 0.15) is 17.6 Å². The normalized spacial score (nSPS) is 58.9. The van der Waals surface area contributed by atoms with Crippen molar-refractivity contribution in [2.45, 2.75) is 30.8 Å². The van der Waals surface area contributed by atoms with Gasteiger partial charge in [-0.25, -0.2) is 0 Å². The second-order valence-corrected chi connectivity index (χ2v) is 6.93. The fraction of sp³-hybridized carbons (Fsp3) is 1.00. The molecule has 0 aromatic heterocycles. The summed E-state index contributed by atoms with van der Waals surface area (Å²) in [6.07, 6.45) is 1.90. The number of ether oxygens (including phenoxy) is 1. The largest absolute Gasteiger partial charge is 0.633 e. The van der Waals surface area contributed by atoms with E-state index in [1.54, 1.807) is 0 Å². The van der Waals surface area contributed by atoms with E-state index in [1.807, 2.05) is 6.92 Å². The Morgan fingerprint density at radius 2 is 2.13 bits per heavy atom. The van der Waals surface area contributed by atoms with E-state index in [4.69, 9.17) is 4.74 Å². The highest BCUT2D eigenvalue weighted by molar-refractivity contribution is 7.85. The predicted octanol–water partition coefficient (Wildman–Crippen LogP) is 0.588. The van der Waals surface area contributed by atoms with Gasteiger partial charge in [-0.1, -0.05) is 0 Å². The summed E-state index contributed by atoms with van der Waals surface area (Å²) in [5.41, 5.74) is -0.528. The fourth-order valence-electron chi connectivity index (χ4n) is 3.41. The minimum Gasteiger partial charge on any atom is -0.633 e. The van der Waals surface area contributed by atoms with Crippen molar-refractivity contribution >= 4 is 10.8 Å². The maximum atomic E-state index is 12.3. The maximum Gasteiger partial charge on any atom is 0.133 e. The van der Waals surface area contributed by atoms with Crippen molar-refractivity contribution in [2.75, 3.05) is 25.4 Å². The lowest BCUT2D eigenvalue weighted by Gasteiger charge is -2.59. The molecule has 0 radical (unpaired) electrons. The van der Waals surface area contributed by atoms with Gasteiger partial charge in [0.05, 0.1) is 29.6 Å². The number of rotatable bonds is 0. The van der Waals surface area contributed by atoms with Crippen molar-refractivity contribution in [3.63, 3.8) is 0 Å². The highest BCUT2D eigenvalue weighted by atomic mass is 32.2. The Hall–Kier alpha value is 0.0300. The SMILES string of the molecule is C[C@H]1O[C@]2(C[S@@]1=O)C[N+]1([O-])CCC2CC1. The first kappa shape index (κ1) is 10.2. The van der Waals surface area contributed by atoms with E-state index in [1.165, 1.54) is 0 Å². The topological polar surface area (TPSA) is 49.4 Å². The predicted molar refractivity (Wildman–Crippen MR) is 57.2 cm³/mol. The highest BCUT2D eigenvalue weighted by Gasteiger charge is 2.58. The van der Waals surface area contributed by atoms with Crippen LogP contribution in [0.3, 0.4) is 0 Å². The lowest BCUT2D eigenvalue weighted by Crippen LogP contribution is -2.67. The molecule has 0 saturated carbocycles. The van der Waals surface area contributed by atoms with Gasteiger partial charge in [-0.15, -0.1) is 0 Å². The van der Waals surface area contributed by atoms with Crippen LogP contribution in [0.4, 0.5) is 0 Å². The van der Waals surface area contributed by atoms with Crippen LogP contribution in [0.2, 0.25) is 0 Å². The smallest absolute Gasteiger partial charge is 0.133 e. The van der Waals surface area contributed by atoms with Gasteiger partial charge >= 0.3 is 0 Å². The molecule has 86 valence electrons. The summed E-state index contributed by atoms with van der Waals surface area (Å²) in [5.74, 6) is 1.06. The first-order valence-electron chi connectivity index (χ1n) is 5.65. The van der Waals surface area contributed by atoms with Crippen molar-refractivity contribution in [1.82, 2.24) is 0 Å². The van der Waals surface area contributed by atoms with Gasteiger partial charge in [0.25, 0.3) is 0 Å². The van der Waals surface area contributed by atoms with Crippen LogP contribution in [-0.4, -0.2) is 45.3 Å². The molecular weight excluding hydrogens is 214 g/mol. The Labute approximate surface area is 92.2 Å². The third-order valence-corrected chi connectivity index (χ3v) is 5.84. The second-order valence-electron chi connectivity index (χ2n) is 5.21. The van der Waals surface area contributed by atoms with E-state index < -0.39 is 10.8 Å². The molecule has 4 saturated heterocycles. The Morgan fingerprint density at radius 1 is 1.47 bits per heavy atom. The summed E-state index contributed by atoms with van der Waals surface area (Å²) < 4.78 is 17.5. The molecule has 3 atom stereocenters. The van der Waals surface area contributed by atoms with E-state index in [0.717, 1.165) is 25.9 Å². The molecule has 4 heterocycles. The fourth-order valence-corrected chi connectivity index (χ4v) is 4.82. The van der Waals surface area contributed by atoms with Crippen LogP contribution in [0.1, 0.15) is 19.8 Å². The van der Waals surface area contributed by atoms with Crippen LogP contribution in [-0.2, 0) is 15.5 Å². The zero-order valence-electron chi connectivity index (χ0n) is 8.98. The molecule has 4 fully saturated rings. The van der Waals surface area contributed by atoms with Crippen LogP contribution in [0, 0.1) is 11.1 Å². The quantitative estimate of drug-likeness (QED) is 0.453. The molecule has 0 aliphatic carbocycles. The van der Waals surface area contributed by atoms with Crippen LogP contribution < -0.4 is 0 Å². The molecule has 4 aliphatic heterocycles. The lowest BCUT2D eigenvalue weighted by molar-refractivity contribution is -0.905. The second kappa shape index (κ2) is 3.03. The van der Waals surface area contributed by atoms with Gasteiger partial charge < -0.3 is 14.6 Å². The van der Waals surface area contributed by atoms with Gasteiger partial charge in [-0.3, -0.25) is 4.21 Å². The molecule has 0 amide bonds. The molecule has 0 unspecified atom stereocenters. The Bertz CT molecular complexity index is 314. The monoisotopic (exact) mass is 231 g/mol. The summed E-state index contributed by atoms with van der Waals surface area (Å²) in [7, 11) is -0.896. The van der Waals surface area contributed by atoms with Crippen LogP contribution >= 0.6 is 0 Å². The molecule has 4 rings (SSSR count). The summed E-state index contributed by atoms with van der Waals surface area (Å²) >= 11 is 0. The Morgan fingerprint density at radius 3 is 2.60 bits per heavy atom. The number of piperidine rings is 3. The van der Waals surface area contributed by atoms with E-state index in [0.29, 0.717) is 18.2 Å². The van der Waals surface area contributed by atoms with Crippen molar-refractivity contribution in [3.8, 4) is 0 Å². The average molecular weight is 231 g/mol. The molecule has 4 aliphatic rings. The lowest BCUT2D eigenvalue weighted by atomic mass is 9.76. The molecule has 1 spiro atoms. The first-order chi connectivity index (χ1) is 7.03. The van der Waals surface area contributed by atoms with E-state index in [2.05, 4.69) is 0 Å². The Balaban J connectivity index is 1.91. The molecule has 0 aromatic carbocycles. The van der Waals surface area contributed by atoms with Crippen molar-refractivity contribution in [2.24, 2.45) is 5.92 Å². The molecule has 15 heavy (non-hydrogen) atoms. The first-order valence-corrected chi connectivity index (χ1v) is 7.03. The number of hydroxylamine groups is 3.